The fourth-order valence-electron chi connectivity index (χ4n) is 0.429. The highest BCUT2D eigenvalue weighted by Gasteiger charge is 2.06. The van der Waals surface area contributed by atoms with Crippen molar-refractivity contribution in [1.29, 1.82) is 0 Å². The Hall–Kier alpha value is -0.770. The van der Waals surface area contributed by atoms with E-state index in [9.17, 15) is 4.79 Å². The number of hydrogen-bond acceptors (Lipinski definition) is 3. The molecule has 4 nitrogen and oxygen atoms in total. The molecule has 0 aliphatic heterocycles. The number of carbonyl (C=O) groups excluding carboxylic acids is 1. The van der Waals surface area contributed by atoms with E-state index in [-0.39, 0.29) is 24.8 Å². The summed E-state index contributed by atoms with van der Waals surface area (Å²) in [5, 5.41) is 5.26. The predicted molar refractivity (Wildman–Crippen MR) is 42.4 cm³/mol. The lowest BCUT2D eigenvalue weighted by molar-refractivity contribution is -0.147. The van der Waals surface area contributed by atoms with Gasteiger partial charge in [-0.15, -0.1) is 12.4 Å². The number of methoxy groups -OCH3 is 2. The Morgan fingerprint density at radius 1 is 1.27 bits per heavy atom. The van der Waals surface area contributed by atoms with Crippen LogP contribution in [0.2, 0.25) is 0 Å². The second-order valence-electron chi connectivity index (χ2n) is 1.75. The standard InChI is InChI=1S/C6H11NO3.ClH/c1-9-5(7)3-4-6(8)10-2;/h7H,3-4H2,1-2H3;1H/p+1. The predicted octanol–water partition coefficient (Wildman–Crippen LogP) is -0.835. The molecule has 0 rings (SSSR count). The van der Waals surface area contributed by atoms with E-state index in [4.69, 9.17) is 5.41 Å². The molecule has 5 heteroatoms. The molecule has 0 aliphatic rings. The van der Waals surface area contributed by atoms with Crippen molar-refractivity contribution in [3.8, 4) is 0 Å². The molecule has 0 aromatic carbocycles. The zero-order valence-electron chi connectivity index (χ0n) is 6.62. The Morgan fingerprint density at radius 3 is 2.18 bits per heavy atom. The van der Waals surface area contributed by atoms with Crippen LogP contribution >= 0.6 is 12.4 Å². The van der Waals surface area contributed by atoms with E-state index in [1.807, 2.05) is 0 Å². The summed E-state index contributed by atoms with van der Waals surface area (Å²) in [7, 11) is 2.80. The van der Waals surface area contributed by atoms with Crippen LogP contribution in [0.3, 0.4) is 0 Å². The number of nitrogens with two attached hydrogens (primary N) is 1. The molecule has 0 spiro atoms. The number of esters is 1. The lowest BCUT2D eigenvalue weighted by Crippen LogP contribution is -2.41. The molecule has 0 fully saturated rings. The molecule has 0 amide bonds. The third kappa shape index (κ3) is 7.12. The fraction of sp³-hybridized carbons (Fsp3) is 0.667. The van der Waals surface area contributed by atoms with Crippen LogP contribution in [0.5, 0.6) is 0 Å². The van der Waals surface area contributed by atoms with Crippen LogP contribution in [0.25, 0.3) is 0 Å². The van der Waals surface area contributed by atoms with Gasteiger partial charge in [0.25, 0.3) is 0 Å². The highest BCUT2D eigenvalue weighted by Crippen LogP contribution is 1.91. The van der Waals surface area contributed by atoms with E-state index >= 15 is 0 Å². The lowest BCUT2D eigenvalue weighted by Gasteiger charge is -1.95. The number of hydrogen-bond donors (Lipinski definition) is 1. The first kappa shape index (κ1) is 12.9. The molecular formula is C6H13ClNO3+. The highest BCUT2D eigenvalue weighted by molar-refractivity contribution is 5.85. The SMILES string of the molecule is COC(=[NH2+])CCC(=O)OC.Cl. The lowest BCUT2D eigenvalue weighted by atomic mass is 10.3. The smallest absolute Gasteiger partial charge is 0.333 e. The topological polar surface area (TPSA) is 61.1 Å². The number of ether oxygens (including phenoxy) is 2. The maximum Gasteiger partial charge on any atom is 0.333 e. The summed E-state index contributed by atoms with van der Waals surface area (Å²) >= 11 is 0. The van der Waals surface area contributed by atoms with Crippen molar-refractivity contribution < 1.29 is 19.7 Å². The van der Waals surface area contributed by atoms with Gasteiger partial charge in [-0.1, -0.05) is 0 Å². The summed E-state index contributed by atoms with van der Waals surface area (Å²) in [5.74, 6) is 0.0744. The molecule has 2 N–H and O–H groups in total. The molecule has 0 unspecified atom stereocenters. The molecule has 0 radical (unpaired) electrons. The van der Waals surface area contributed by atoms with Crippen LogP contribution in [-0.4, -0.2) is 26.1 Å². The van der Waals surface area contributed by atoms with Gasteiger partial charge in [-0.2, -0.15) is 0 Å². The average molecular weight is 183 g/mol. The Labute approximate surface area is 71.8 Å². The van der Waals surface area contributed by atoms with E-state index in [1.54, 1.807) is 0 Å². The number of rotatable bonds is 3. The first-order valence-electron chi connectivity index (χ1n) is 2.92. The molecule has 0 atom stereocenters. The van der Waals surface area contributed by atoms with E-state index in [0.717, 1.165) is 0 Å². The zero-order valence-corrected chi connectivity index (χ0v) is 7.44. The molecule has 0 bridgehead atoms. The molecule has 0 heterocycles. The van der Waals surface area contributed by atoms with Crippen LogP contribution in [0.15, 0.2) is 0 Å². The largest absolute Gasteiger partial charge is 0.469 e. The van der Waals surface area contributed by atoms with Gasteiger partial charge in [-0.25, -0.2) is 5.41 Å². The normalized spacial score (nSPS) is 7.82. The van der Waals surface area contributed by atoms with Gasteiger partial charge in [0.2, 0.25) is 0 Å². The van der Waals surface area contributed by atoms with Gasteiger partial charge in [-0.05, 0) is 0 Å². The maximum absolute atomic E-state index is 10.5. The van der Waals surface area contributed by atoms with Crippen molar-refractivity contribution in [2.24, 2.45) is 0 Å². The van der Waals surface area contributed by atoms with Crippen LogP contribution in [0.1, 0.15) is 12.8 Å². The van der Waals surface area contributed by atoms with E-state index < -0.39 is 0 Å². The fourth-order valence-corrected chi connectivity index (χ4v) is 0.429. The summed E-state index contributed by atoms with van der Waals surface area (Å²) in [6.07, 6.45) is 0.694. The maximum atomic E-state index is 10.5. The van der Waals surface area contributed by atoms with Crippen molar-refractivity contribution in [3.63, 3.8) is 0 Å². The van der Waals surface area contributed by atoms with Gasteiger partial charge in [0, 0.05) is 0 Å². The molecule has 11 heavy (non-hydrogen) atoms. The van der Waals surface area contributed by atoms with Gasteiger partial charge in [0.1, 0.15) is 0 Å². The van der Waals surface area contributed by atoms with Crippen LogP contribution in [0, 0.1) is 0 Å². The van der Waals surface area contributed by atoms with Gasteiger partial charge in [0.05, 0.1) is 27.1 Å². The minimum atomic E-state index is -0.278. The monoisotopic (exact) mass is 182 g/mol. The molecule has 0 saturated carbocycles. The third-order valence-corrected chi connectivity index (χ3v) is 1.07. The van der Waals surface area contributed by atoms with Crippen molar-refractivity contribution in [2.75, 3.05) is 14.2 Å². The minimum Gasteiger partial charge on any atom is -0.469 e. The third-order valence-electron chi connectivity index (χ3n) is 1.07. The van der Waals surface area contributed by atoms with Crippen LogP contribution in [-0.2, 0) is 14.3 Å². The Kier molecular flexibility index (Phi) is 8.58. The second kappa shape index (κ2) is 7.34. The van der Waals surface area contributed by atoms with Gasteiger partial charge >= 0.3 is 11.9 Å². The Morgan fingerprint density at radius 2 is 1.82 bits per heavy atom. The van der Waals surface area contributed by atoms with E-state index in [2.05, 4.69) is 9.47 Å². The summed E-state index contributed by atoms with van der Waals surface area (Å²) < 4.78 is 9.01. The Balaban J connectivity index is 0. The van der Waals surface area contributed by atoms with E-state index in [0.29, 0.717) is 12.3 Å². The first-order chi connectivity index (χ1) is 4.70. The Bertz CT molecular complexity index is 122. The van der Waals surface area contributed by atoms with Crippen molar-refractivity contribution in [3.05, 3.63) is 0 Å². The zero-order chi connectivity index (χ0) is 7.98. The molecule has 0 aliphatic carbocycles. The van der Waals surface area contributed by atoms with Gasteiger partial charge in [-0.3, -0.25) is 4.79 Å². The highest BCUT2D eigenvalue weighted by atomic mass is 35.5. The van der Waals surface area contributed by atoms with Crippen molar-refractivity contribution in [2.45, 2.75) is 12.8 Å². The molecule has 0 saturated heterocycles. The second-order valence-corrected chi connectivity index (χ2v) is 1.75. The van der Waals surface area contributed by atoms with Crippen LogP contribution in [0.4, 0.5) is 0 Å². The minimum absolute atomic E-state index is 0. The van der Waals surface area contributed by atoms with Gasteiger partial charge in [0.15, 0.2) is 0 Å². The molecule has 0 aromatic rings. The number of halogens is 1. The molecule has 0 aromatic heterocycles. The first-order valence-corrected chi connectivity index (χ1v) is 2.92. The van der Waals surface area contributed by atoms with Gasteiger partial charge < -0.3 is 9.47 Å². The molecule has 66 valence electrons. The van der Waals surface area contributed by atoms with Crippen molar-refractivity contribution >= 4 is 24.3 Å². The summed E-state index contributed by atoms with van der Waals surface area (Å²) in [6, 6.07) is 0. The van der Waals surface area contributed by atoms with Crippen molar-refractivity contribution in [1.82, 2.24) is 0 Å². The van der Waals surface area contributed by atoms with Crippen LogP contribution < -0.4 is 5.41 Å². The summed E-state index contributed by atoms with van der Waals surface area (Å²) in [4.78, 5) is 10.5. The summed E-state index contributed by atoms with van der Waals surface area (Å²) in [6.45, 7) is 0. The number of carbonyl (C=O) groups is 1. The quantitative estimate of drug-likeness (QED) is 0.352. The summed E-state index contributed by atoms with van der Waals surface area (Å²) in [5.41, 5.74) is 0. The average Bonchev–Trinajstić information content (AvgIpc) is 1.99. The molecular weight excluding hydrogens is 170 g/mol. The van der Waals surface area contributed by atoms with E-state index in [1.165, 1.54) is 14.2 Å².